The van der Waals surface area contributed by atoms with Crippen molar-refractivity contribution in [2.75, 3.05) is 13.1 Å². The lowest BCUT2D eigenvalue weighted by Crippen LogP contribution is -2.20. The third kappa shape index (κ3) is 2.73. The Kier molecular flexibility index (Phi) is 3.15. The predicted octanol–water partition coefficient (Wildman–Crippen LogP) is 3.34. The van der Waals surface area contributed by atoms with E-state index in [0.29, 0.717) is 5.41 Å². The Morgan fingerprint density at radius 2 is 2.00 bits per heavy atom. The first kappa shape index (κ1) is 11.4. The second-order valence-corrected chi connectivity index (χ2v) is 5.49. The molecule has 1 N–H and O–H groups in total. The summed E-state index contributed by atoms with van der Waals surface area (Å²) in [6.07, 6.45) is 1.36. The summed E-state index contributed by atoms with van der Waals surface area (Å²) in [4.78, 5) is 0. The van der Waals surface area contributed by atoms with Crippen LogP contribution in [0.25, 0.3) is 5.57 Å². The number of hydrogen-bond donors (Lipinski definition) is 1. The van der Waals surface area contributed by atoms with Crippen LogP contribution in [-0.4, -0.2) is 13.1 Å². The molecule has 0 radical (unpaired) electrons. The van der Waals surface area contributed by atoms with E-state index in [4.69, 9.17) is 0 Å². The molecule has 0 aromatic heterocycles. The van der Waals surface area contributed by atoms with Crippen LogP contribution in [0.2, 0.25) is 0 Å². The summed E-state index contributed by atoms with van der Waals surface area (Å²) < 4.78 is 0. The van der Waals surface area contributed by atoms with E-state index in [1.54, 1.807) is 0 Å². The van der Waals surface area contributed by atoms with Crippen LogP contribution < -0.4 is 5.32 Å². The van der Waals surface area contributed by atoms with Crippen LogP contribution in [0.3, 0.4) is 0 Å². The van der Waals surface area contributed by atoms with Crippen LogP contribution in [-0.2, 0) is 0 Å². The zero-order valence-corrected chi connectivity index (χ0v) is 10.3. The monoisotopic (exact) mass is 215 g/mol. The Bertz CT molecular complexity index is 364. The Hall–Kier alpha value is -1.08. The summed E-state index contributed by atoms with van der Waals surface area (Å²) in [5.41, 5.74) is 2.99. The van der Waals surface area contributed by atoms with Crippen molar-refractivity contribution in [1.29, 1.82) is 0 Å². The lowest BCUT2D eigenvalue weighted by molar-refractivity contribution is 0.533. The summed E-state index contributed by atoms with van der Waals surface area (Å²) in [7, 11) is 0. The van der Waals surface area contributed by atoms with Crippen molar-refractivity contribution in [3.05, 3.63) is 42.5 Å². The van der Waals surface area contributed by atoms with Crippen LogP contribution in [0.5, 0.6) is 0 Å². The molecule has 1 aliphatic carbocycles. The van der Waals surface area contributed by atoms with Gasteiger partial charge in [0.1, 0.15) is 0 Å². The highest BCUT2D eigenvalue weighted by molar-refractivity contribution is 5.64. The zero-order valence-electron chi connectivity index (χ0n) is 10.3. The van der Waals surface area contributed by atoms with Crippen LogP contribution in [0.1, 0.15) is 25.8 Å². The normalized spacial score (nSPS) is 21.8. The standard InChI is InChI=1S/C15H21N/c1-12(13-7-5-4-6-8-13)10-16-11-14-9-15(14,2)3/h4-8,14,16H,1,9-11H2,2-3H3. The van der Waals surface area contributed by atoms with Crippen LogP contribution in [0.15, 0.2) is 36.9 Å². The van der Waals surface area contributed by atoms with Crippen molar-refractivity contribution in [3.8, 4) is 0 Å². The minimum absolute atomic E-state index is 0.571. The zero-order chi connectivity index (χ0) is 11.6. The maximum Gasteiger partial charge on any atom is 0.0205 e. The van der Waals surface area contributed by atoms with E-state index in [1.807, 2.05) is 6.07 Å². The average Bonchev–Trinajstić information content (AvgIpc) is 2.87. The molecule has 1 aliphatic rings. The lowest BCUT2D eigenvalue weighted by atomic mass is 10.1. The van der Waals surface area contributed by atoms with Crippen molar-refractivity contribution in [3.63, 3.8) is 0 Å². The highest BCUT2D eigenvalue weighted by Crippen LogP contribution is 2.50. The first-order chi connectivity index (χ1) is 7.59. The van der Waals surface area contributed by atoms with Gasteiger partial charge < -0.3 is 5.32 Å². The molecular formula is C15H21N. The first-order valence-electron chi connectivity index (χ1n) is 6.03. The molecule has 1 aromatic rings. The Balaban J connectivity index is 1.73. The Labute approximate surface area is 98.6 Å². The smallest absolute Gasteiger partial charge is 0.0205 e. The van der Waals surface area contributed by atoms with E-state index in [2.05, 4.69) is 50.0 Å². The third-order valence-corrected chi connectivity index (χ3v) is 3.63. The molecule has 0 heterocycles. The van der Waals surface area contributed by atoms with Gasteiger partial charge in [0, 0.05) is 6.54 Å². The van der Waals surface area contributed by atoms with E-state index in [0.717, 1.165) is 19.0 Å². The molecule has 1 unspecified atom stereocenters. The molecule has 0 bridgehead atoms. The van der Waals surface area contributed by atoms with Gasteiger partial charge >= 0.3 is 0 Å². The number of rotatable bonds is 5. The fraction of sp³-hybridized carbons (Fsp3) is 0.467. The quantitative estimate of drug-likeness (QED) is 0.794. The summed E-state index contributed by atoms with van der Waals surface area (Å²) in [5.74, 6) is 0.857. The van der Waals surface area contributed by atoms with Gasteiger partial charge in [0.15, 0.2) is 0 Å². The van der Waals surface area contributed by atoms with Crippen molar-refractivity contribution >= 4 is 5.57 Å². The SMILES string of the molecule is C=C(CNCC1CC1(C)C)c1ccccc1. The molecule has 0 spiro atoms. The molecule has 0 amide bonds. The molecule has 1 aromatic carbocycles. The third-order valence-electron chi connectivity index (χ3n) is 3.63. The van der Waals surface area contributed by atoms with E-state index in [1.165, 1.54) is 17.6 Å². The van der Waals surface area contributed by atoms with Crippen LogP contribution in [0.4, 0.5) is 0 Å². The summed E-state index contributed by atoms with van der Waals surface area (Å²) in [5, 5.41) is 3.50. The summed E-state index contributed by atoms with van der Waals surface area (Å²) in [6.45, 7) is 10.8. The second-order valence-electron chi connectivity index (χ2n) is 5.49. The van der Waals surface area contributed by atoms with Crippen LogP contribution in [0, 0.1) is 11.3 Å². The average molecular weight is 215 g/mol. The molecule has 0 saturated heterocycles. The van der Waals surface area contributed by atoms with Crippen LogP contribution >= 0.6 is 0 Å². The second kappa shape index (κ2) is 4.42. The Morgan fingerprint density at radius 3 is 2.56 bits per heavy atom. The number of hydrogen-bond acceptors (Lipinski definition) is 1. The molecule has 1 fully saturated rings. The molecular weight excluding hydrogens is 194 g/mol. The Morgan fingerprint density at radius 1 is 1.38 bits per heavy atom. The molecule has 1 nitrogen and oxygen atoms in total. The van der Waals surface area contributed by atoms with Crippen molar-refractivity contribution in [1.82, 2.24) is 5.32 Å². The van der Waals surface area contributed by atoms with E-state index in [-0.39, 0.29) is 0 Å². The fourth-order valence-electron chi connectivity index (χ4n) is 2.10. The van der Waals surface area contributed by atoms with Gasteiger partial charge in [0.2, 0.25) is 0 Å². The van der Waals surface area contributed by atoms with Crippen molar-refractivity contribution in [2.45, 2.75) is 20.3 Å². The molecule has 86 valence electrons. The lowest BCUT2D eigenvalue weighted by Gasteiger charge is -2.08. The summed E-state index contributed by atoms with van der Waals surface area (Å²) in [6, 6.07) is 10.4. The van der Waals surface area contributed by atoms with Gasteiger partial charge in [-0.2, -0.15) is 0 Å². The predicted molar refractivity (Wildman–Crippen MR) is 70.2 cm³/mol. The molecule has 16 heavy (non-hydrogen) atoms. The van der Waals surface area contributed by atoms with Crippen molar-refractivity contribution in [2.24, 2.45) is 11.3 Å². The highest BCUT2D eigenvalue weighted by Gasteiger charge is 2.44. The van der Waals surface area contributed by atoms with E-state index in [9.17, 15) is 0 Å². The maximum absolute atomic E-state index is 4.12. The minimum Gasteiger partial charge on any atom is -0.312 e. The van der Waals surface area contributed by atoms with Gasteiger partial charge in [0.25, 0.3) is 0 Å². The number of benzene rings is 1. The fourth-order valence-corrected chi connectivity index (χ4v) is 2.10. The van der Waals surface area contributed by atoms with Gasteiger partial charge in [-0.15, -0.1) is 0 Å². The molecule has 2 rings (SSSR count). The van der Waals surface area contributed by atoms with Gasteiger partial charge in [-0.25, -0.2) is 0 Å². The minimum atomic E-state index is 0.571. The maximum atomic E-state index is 4.12. The highest BCUT2D eigenvalue weighted by atomic mass is 14.9. The molecule has 0 aliphatic heterocycles. The van der Waals surface area contributed by atoms with Gasteiger partial charge in [0.05, 0.1) is 0 Å². The van der Waals surface area contributed by atoms with E-state index >= 15 is 0 Å². The van der Waals surface area contributed by atoms with Gasteiger partial charge in [-0.05, 0) is 35.4 Å². The van der Waals surface area contributed by atoms with Gasteiger partial charge in [-0.1, -0.05) is 50.8 Å². The topological polar surface area (TPSA) is 12.0 Å². The number of nitrogens with one attached hydrogen (secondary N) is 1. The first-order valence-corrected chi connectivity index (χ1v) is 6.03. The van der Waals surface area contributed by atoms with E-state index < -0.39 is 0 Å². The molecule has 1 saturated carbocycles. The van der Waals surface area contributed by atoms with Gasteiger partial charge in [-0.3, -0.25) is 0 Å². The largest absolute Gasteiger partial charge is 0.312 e. The van der Waals surface area contributed by atoms with Crippen molar-refractivity contribution < 1.29 is 0 Å². The molecule has 1 atom stereocenters. The molecule has 1 heteroatoms. The summed E-state index contributed by atoms with van der Waals surface area (Å²) >= 11 is 0.